The molecule has 0 bridgehead atoms. The fraction of sp³-hybridized carbons (Fsp3) is 0.217. The Labute approximate surface area is 169 Å². The minimum absolute atomic E-state index is 0.00839. The summed E-state index contributed by atoms with van der Waals surface area (Å²) in [6, 6.07) is 22.4. The molecule has 0 saturated heterocycles. The Hall–Kier alpha value is -2.79. The molecule has 0 aliphatic heterocycles. The third-order valence-electron chi connectivity index (χ3n) is 4.98. The lowest BCUT2D eigenvalue weighted by atomic mass is 10.00. The van der Waals surface area contributed by atoms with E-state index in [0.29, 0.717) is 0 Å². The Morgan fingerprint density at radius 3 is 2.68 bits per heavy atom. The van der Waals surface area contributed by atoms with Crippen LogP contribution in [0.2, 0.25) is 0 Å². The maximum absolute atomic E-state index is 12.9. The van der Waals surface area contributed by atoms with Crippen LogP contribution in [0.3, 0.4) is 0 Å². The lowest BCUT2D eigenvalue weighted by Gasteiger charge is -2.17. The average Bonchev–Trinajstić information content (AvgIpc) is 3.05. The minimum atomic E-state index is -0.0719. The Morgan fingerprint density at radius 2 is 1.82 bits per heavy atom. The van der Waals surface area contributed by atoms with Gasteiger partial charge in [0.1, 0.15) is 12.4 Å². The monoisotopic (exact) mass is 389 g/mol. The molecule has 1 atom stereocenters. The lowest BCUT2D eigenvalue weighted by molar-refractivity contribution is -0.122. The van der Waals surface area contributed by atoms with Crippen molar-refractivity contribution in [2.24, 2.45) is 0 Å². The molecule has 0 aliphatic carbocycles. The molecule has 1 N–H and O–H groups in total. The Kier molecular flexibility index (Phi) is 5.35. The lowest BCUT2D eigenvalue weighted by Crippen LogP contribution is -2.30. The number of hydrogen-bond acceptors (Lipinski definition) is 3. The molecule has 1 heterocycles. The highest BCUT2D eigenvalue weighted by Gasteiger charge is 2.16. The Balaban J connectivity index is 1.58. The van der Waals surface area contributed by atoms with Crippen LogP contribution in [0.25, 0.3) is 21.8 Å². The zero-order valence-corrected chi connectivity index (χ0v) is 16.9. The van der Waals surface area contributed by atoms with Crippen LogP contribution in [0.4, 0.5) is 0 Å². The molecule has 3 aromatic carbocycles. The normalized spacial score (nSPS) is 12.4. The molecule has 1 amide bonds. The molecule has 0 spiro atoms. The summed E-state index contributed by atoms with van der Waals surface area (Å²) in [5.41, 5.74) is 3.06. The number of benzene rings is 3. The molecule has 1 aromatic heterocycles. The van der Waals surface area contributed by atoms with Crippen LogP contribution in [0.1, 0.15) is 24.4 Å². The van der Waals surface area contributed by atoms with Gasteiger partial charge in [-0.3, -0.25) is 4.79 Å². The fourth-order valence-electron chi connectivity index (χ4n) is 3.68. The number of carbonyl (C=O) groups excluding carboxylic acids is 1. The molecule has 0 aliphatic rings. The van der Waals surface area contributed by atoms with Crippen LogP contribution in [0, 0.1) is 0 Å². The van der Waals surface area contributed by atoms with Crippen molar-refractivity contribution < 1.29 is 4.79 Å². The van der Waals surface area contributed by atoms with Crippen molar-refractivity contribution in [3.8, 4) is 0 Å². The Bertz CT molecular complexity index is 1130. The SMILES string of the molecule is CSCc1nc2ccccc2n1CC(=O)NC(C)c1cccc2ccccc12. The number of thioether (sulfide) groups is 1. The smallest absolute Gasteiger partial charge is 0.240 e. The third kappa shape index (κ3) is 3.62. The molecule has 0 saturated carbocycles. The van der Waals surface area contributed by atoms with Crippen LogP contribution in [-0.2, 0) is 17.1 Å². The quantitative estimate of drug-likeness (QED) is 0.509. The van der Waals surface area contributed by atoms with Crippen molar-refractivity contribution >= 4 is 39.5 Å². The van der Waals surface area contributed by atoms with Crippen LogP contribution in [-0.4, -0.2) is 21.7 Å². The summed E-state index contributed by atoms with van der Waals surface area (Å²) in [4.78, 5) is 17.6. The third-order valence-corrected chi connectivity index (χ3v) is 5.52. The molecule has 4 nitrogen and oxygen atoms in total. The van der Waals surface area contributed by atoms with E-state index in [0.717, 1.165) is 28.2 Å². The number of nitrogens with zero attached hydrogens (tertiary/aromatic N) is 2. The van der Waals surface area contributed by atoms with E-state index in [4.69, 9.17) is 4.98 Å². The first-order valence-electron chi connectivity index (χ1n) is 9.37. The number of amides is 1. The molecule has 5 heteroatoms. The van der Waals surface area contributed by atoms with Crippen molar-refractivity contribution in [3.63, 3.8) is 0 Å². The zero-order chi connectivity index (χ0) is 19.5. The standard InChI is InChI=1S/C23H23N3OS/c1-16(18-11-7-9-17-8-3-4-10-19(17)18)24-23(27)14-26-21-13-6-5-12-20(21)25-22(26)15-28-2/h3-13,16H,14-15H2,1-2H3,(H,24,27). The molecule has 142 valence electrons. The number of hydrogen-bond donors (Lipinski definition) is 1. The number of imidazole rings is 1. The molecule has 28 heavy (non-hydrogen) atoms. The molecule has 0 radical (unpaired) electrons. The van der Waals surface area contributed by atoms with Crippen molar-refractivity contribution in [2.45, 2.75) is 25.3 Å². The molecular formula is C23H23N3OS. The number of rotatable bonds is 6. The van der Waals surface area contributed by atoms with E-state index in [1.807, 2.05) is 60.2 Å². The molecule has 1 unspecified atom stereocenters. The topological polar surface area (TPSA) is 46.9 Å². The van der Waals surface area contributed by atoms with Crippen LogP contribution >= 0.6 is 11.8 Å². The van der Waals surface area contributed by atoms with E-state index in [9.17, 15) is 4.79 Å². The number of para-hydroxylation sites is 2. The second kappa shape index (κ2) is 8.07. The summed E-state index contributed by atoms with van der Waals surface area (Å²) in [5.74, 6) is 1.70. The maximum Gasteiger partial charge on any atom is 0.240 e. The van der Waals surface area contributed by atoms with Gasteiger partial charge in [0.25, 0.3) is 0 Å². The number of nitrogens with one attached hydrogen (secondary N) is 1. The predicted molar refractivity (Wildman–Crippen MR) is 117 cm³/mol. The first-order valence-corrected chi connectivity index (χ1v) is 10.8. The van der Waals surface area contributed by atoms with Gasteiger partial charge in [0.05, 0.1) is 22.8 Å². The predicted octanol–water partition coefficient (Wildman–Crippen LogP) is 4.93. The summed E-state index contributed by atoms with van der Waals surface area (Å²) >= 11 is 1.71. The fourth-order valence-corrected chi connectivity index (χ4v) is 4.16. The average molecular weight is 390 g/mol. The van der Waals surface area contributed by atoms with Crippen molar-refractivity contribution in [2.75, 3.05) is 6.26 Å². The highest BCUT2D eigenvalue weighted by Crippen LogP contribution is 2.24. The highest BCUT2D eigenvalue weighted by molar-refractivity contribution is 7.97. The molecular weight excluding hydrogens is 366 g/mol. The van der Waals surface area contributed by atoms with Crippen molar-refractivity contribution in [1.29, 1.82) is 0 Å². The van der Waals surface area contributed by atoms with E-state index in [2.05, 4.69) is 29.6 Å². The summed E-state index contributed by atoms with van der Waals surface area (Å²) < 4.78 is 2.02. The van der Waals surface area contributed by atoms with Gasteiger partial charge in [-0.1, -0.05) is 54.6 Å². The van der Waals surface area contributed by atoms with Gasteiger partial charge in [0.2, 0.25) is 5.91 Å². The number of aromatic nitrogens is 2. The molecule has 4 aromatic rings. The van der Waals surface area contributed by atoms with Gasteiger partial charge >= 0.3 is 0 Å². The summed E-state index contributed by atoms with van der Waals surface area (Å²) in [6.45, 7) is 2.31. The highest BCUT2D eigenvalue weighted by atomic mass is 32.2. The van der Waals surface area contributed by atoms with Gasteiger partial charge in [-0.05, 0) is 41.6 Å². The van der Waals surface area contributed by atoms with Gasteiger partial charge in [0, 0.05) is 0 Å². The zero-order valence-electron chi connectivity index (χ0n) is 16.1. The second-order valence-corrected chi connectivity index (χ2v) is 7.76. The van der Waals surface area contributed by atoms with Crippen molar-refractivity contribution in [1.82, 2.24) is 14.9 Å². The van der Waals surface area contributed by atoms with Crippen LogP contribution in [0.5, 0.6) is 0 Å². The van der Waals surface area contributed by atoms with Crippen molar-refractivity contribution in [3.05, 3.63) is 78.1 Å². The van der Waals surface area contributed by atoms with E-state index < -0.39 is 0 Å². The number of fused-ring (bicyclic) bond motifs is 2. The largest absolute Gasteiger partial charge is 0.348 e. The second-order valence-electron chi connectivity index (χ2n) is 6.89. The van der Waals surface area contributed by atoms with Gasteiger partial charge < -0.3 is 9.88 Å². The van der Waals surface area contributed by atoms with E-state index >= 15 is 0 Å². The van der Waals surface area contributed by atoms with Crippen LogP contribution < -0.4 is 5.32 Å². The Morgan fingerprint density at radius 1 is 1.07 bits per heavy atom. The van der Waals surface area contributed by atoms with E-state index in [-0.39, 0.29) is 18.5 Å². The summed E-state index contributed by atoms with van der Waals surface area (Å²) in [5, 5.41) is 5.53. The van der Waals surface area contributed by atoms with Crippen LogP contribution in [0.15, 0.2) is 66.7 Å². The minimum Gasteiger partial charge on any atom is -0.348 e. The van der Waals surface area contributed by atoms with Gasteiger partial charge in [-0.15, -0.1) is 0 Å². The molecule has 4 rings (SSSR count). The maximum atomic E-state index is 12.9. The summed E-state index contributed by atoms with van der Waals surface area (Å²) in [6.07, 6.45) is 2.05. The van der Waals surface area contributed by atoms with Gasteiger partial charge in [-0.25, -0.2) is 4.98 Å². The molecule has 0 fully saturated rings. The van der Waals surface area contributed by atoms with E-state index in [1.165, 1.54) is 10.8 Å². The number of carbonyl (C=O) groups is 1. The van der Waals surface area contributed by atoms with Gasteiger partial charge in [-0.2, -0.15) is 11.8 Å². The van der Waals surface area contributed by atoms with Gasteiger partial charge in [0.15, 0.2) is 0 Å². The first-order chi connectivity index (χ1) is 13.7. The summed E-state index contributed by atoms with van der Waals surface area (Å²) in [7, 11) is 0. The van der Waals surface area contributed by atoms with E-state index in [1.54, 1.807) is 11.8 Å². The first kappa shape index (κ1) is 18.6.